The predicted octanol–water partition coefficient (Wildman–Crippen LogP) is 1.99. The lowest BCUT2D eigenvalue weighted by molar-refractivity contribution is -0.132. The van der Waals surface area contributed by atoms with Crippen LogP contribution >= 0.6 is 0 Å². The van der Waals surface area contributed by atoms with Crippen molar-refractivity contribution in [3.05, 3.63) is 18.1 Å². The quantitative estimate of drug-likeness (QED) is 0.901. The molecule has 104 valence electrons. The molecular weight excluding hydrogens is 240 g/mol. The number of carbonyl (C=O) groups is 1. The highest BCUT2D eigenvalue weighted by Gasteiger charge is 2.22. The van der Waals surface area contributed by atoms with E-state index in [4.69, 9.17) is 0 Å². The van der Waals surface area contributed by atoms with Gasteiger partial charge in [-0.25, -0.2) is 9.97 Å². The van der Waals surface area contributed by atoms with Gasteiger partial charge in [-0.05, 0) is 26.2 Å². The van der Waals surface area contributed by atoms with Crippen LogP contribution in [0.25, 0.3) is 0 Å². The predicted molar refractivity (Wildman–Crippen MR) is 74.9 cm³/mol. The van der Waals surface area contributed by atoms with Gasteiger partial charge in [0.05, 0.1) is 0 Å². The van der Waals surface area contributed by atoms with Crippen LogP contribution < -0.4 is 5.32 Å². The summed E-state index contributed by atoms with van der Waals surface area (Å²) in [6, 6.07) is 2.36. The molecule has 0 radical (unpaired) electrons. The number of aromatic nitrogens is 2. The smallest absolute Gasteiger partial charge is 0.222 e. The number of nitrogens with zero attached hydrogens (tertiary/aromatic N) is 3. The van der Waals surface area contributed by atoms with Crippen molar-refractivity contribution in [2.75, 3.05) is 18.4 Å². The number of likely N-dealkylation sites (tertiary alicyclic amines) is 1. The Labute approximate surface area is 114 Å². The molecule has 0 aromatic carbocycles. The van der Waals surface area contributed by atoms with Crippen molar-refractivity contribution in [2.45, 2.75) is 45.6 Å². The number of aryl methyl sites for hydroxylation is 1. The minimum absolute atomic E-state index is 0.291. The summed E-state index contributed by atoms with van der Waals surface area (Å²) in [7, 11) is 0. The number of piperidine rings is 1. The van der Waals surface area contributed by atoms with Crippen LogP contribution in [0.2, 0.25) is 0 Å². The van der Waals surface area contributed by atoms with Crippen LogP contribution in [-0.2, 0) is 4.79 Å². The number of nitrogens with one attached hydrogen (secondary N) is 1. The summed E-state index contributed by atoms with van der Waals surface area (Å²) in [5.41, 5.74) is 0.966. The van der Waals surface area contributed by atoms with Crippen LogP contribution in [0.15, 0.2) is 12.4 Å². The SMILES string of the molecule is CCCC(=O)N1CCC(Nc2cc(C)ncn2)CC1. The Hall–Kier alpha value is -1.65. The fourth-order valence-corrected chi connectivity index (χ4v) is 2.39. The van der Waals surface area contributed by atoms with E-state index in [2.05, 4.69) is 15.3 Å². The average molecular weight is 262 g/mol. The van der Waals surface area contributed by atoms with E-state index in [9.17, 15) is 4.79 Å². The molecule has 0 saturated carbocycles. The summed E-state index contributed by atoms with van der Waals surface area (Å²) in [4.78, 5) is 22.1. The normalized spacial score (nSPS) is 16.4. The molecule has 0 atom stereocenters. The molecule has 1 aliphatic rings. The minimum atomic E-state index is 0.291. The van der Waals surface area contributed by atoms with Crippen molar-refractivity contribution < 1.29 is 4.79 Å². The van der Waals surface area contributed by atoms with Gasteiger partial charge in [-0.1, -0.05) is 6.92 Å². The van der Waals surface area contributed by atoms with Crippen molar-refractivity contribution in [1.82, 2.24) is 14.9 Å². The van der Waals surface area contributed by atoms with Gasteiger partial charge in [-0.2, -0.15) is 0 Å². The molecule has 19 heavy (non-hydrogen) atoms. The number of hydrogen-bond donors (Lipinski definition) is 1. The summed E-state index contributed by atoms with van der Waals surface area (Å²) < 4.78 is 0. The highest BCUT2D eigenvalue weighted by molar-refractivity contribution is 5.76. The summed E-state index contributed by atoms with van der Waals surface area (Å²) in [5.74, 6) is 1.17. The molecule has 0 aliphatic carbocycles. The third kappa shape index (κ3) is 3.91. The van der Waals surface area contributed by atoms with Crippen molar-refractivity contribution in [3.63, 3.8) is 0 Å². The third-order valence-electron chi connectivity index (χ3n) is 3.47. The topological polar surface area (TPSA) is 58.1 Å². The molecule has 0 unspecified atom stereocenters. The van der Waals surface area contributed by atoms with Crippen LogP contribution in [0.1, 0.15) is 38.3 Å². The van der Waals surface area contributed by atoms with Crippen molar-refractivity contribution in [3.8, 4) is 0 Å². The van der Waals surface area contributed by atoms with Crippen LogP contribution in [0, 0.1) is 6.92 Å². The highest BCUT2D eigenvalue weighted by Crippen LogP contribution is 2.16. The van der Waals surface area contributed by atoms with Crippen LogP contribution in [-0.4, -0.2) is 39.9 Å². The molecule has 1 saturated heterocycles. The first-order valence-corrected chi connectivity index (χ1v) is 7.02. The van der Waals surface area contributed by atoms with E-state index >= 15 is 0 Å². The van der Waals surface area contributed by atoms with Gasteiger partial charge in [-0.15, -0.1) is 0 Å². The molecule has 2 rings (SSSR count). The van der Waals surface area contributed by atoms with Gasteiger partial charge in [0.15, 0.2) is 0 Å². The molecule has 1 amide bonds. The summed E-state index contributed by atoms with van der Waals surface area (Å²) in [6.07, 6.45) is 5.15. The molecule has 0 bridgehead atoms. The first-order chi connectivity index (χ1) is 9.19. The molecule has 2 heterocycles. The molecule has 1 aliphatic heterocycles. The second-order valence-electron chi connectivity index (χ2n) is 5.09. The maximum Gasteiger partial charge on any atom is 0.222 e. The van der Waals surface area contributed by atoms with Crippen LogP contribution in [0.5, 0.6) is 0 Å². The highest BCUT2D eigenvalue weighted by atomic mass is 16.2. The van der Waals surface area contributed by atoms with E-state index in [0.29, 0.717) is 18.4 Å². The lowest BCUT2D eigenvalue weighted by Crippen LogP contribution is -2.42. The Kier molecular flexibility index (Phi) is 4.71. The van der Waals surface area contributed by atoms with Crippen molar-refractivity contribution in [2.24, 2.45) is 0 Å². The number of hydrogen-bond acceptors (Lipinski definition) is 4. The summed E-state index contributed by atoms with van der Waals surface area (Å²) >= 11 is 0. The molecule has 5 nitrogen and oxygen atoms in total. The first-order valence-electron chi connectivity index (χ1n) is 7.02. The molecule has 1 aromatic heterocycles. The maximum absolute atomic E-state index is 11.8. The van der Waals surface area contributed by atoms with Crippen LogP contribution in [0.4, 0.5) is 5.82 Å². The fraction of sp³-hybridized carbons (Fsp3) is 0.643. The van der Waals surface area contributed by atoms with Gasteiger partial charge in [0.1, 0.15) is 12.1 Å². The van der Waals surface area contributed by atoms with E-state index in [0.717, 1.165) is 43.9 Å². The zero-order valence-electron chi connectivity index (χ0n) is 11.7. The average Bonchev–Trinajstić information content (AvgIpc) is 2.40. The van der Waals surface area contributed by atoms with Crippen molar-refractivity contribution in [1.29, 1.82) is 0 Å². The van der Waals surface area contributed by atoms with Gasteiger partial charge in [0.2, 0.25) is 5.91 Å². The molecule has 1 fully saturated rings. The van der Waals surface area contributed by atoms with Gasteiger partial charge in [0, 0.05) is 37.3 Å². The standard InChI is InChI=1S/C14H22N4O/c1-3-4-14(19)18-7-5-12(6-8-18)17-13-9-11(2)15-10-16-13/h9-10,12H,3-8H2,1-2H3,(H,15,16,17). The lowest BCUT2D eigenvalue weighted by Gasteiger charge is -2.32. The number of amides is 1. The Balaban J connectivity index is 1.82. The zero-order valence-corrected chi connectivity index (χ0v) is 11.7. The van der Waals surface area contributed by atoms with E-state index in [-0.39, 0.29) is 0 Å². The monoisotopic (exact) mass is 262 g/mol. The van der Waals surface area contributed by atoms with E-state index < -0.39 is 0 Å². The Morgan fingerprint density at radius 1 is 1.42 bits per heavy atom. The van der Waals surface area contributed by atoms with Gasteiger partial charge in [-0.3, -0.25) is 4.79 Å². The Bertz CT molecular complexity index is 427. The third-order valence-corrected chi connectivity index (χ3v) is 3.47. The summed E-state index contributed by atoms with van der Waals surface area (Å²) in [5, 5.41) is 3.42. The second-order valence-corrected chi connectivity index (χ2v) is 5.09. The second kappa shape index (κ2) is 6.50. The largest absolute Gasteiger partial charge is 0.367 e. The fourth-order valence-electron chi connectivity index (χ4n) is 2.39. The molecular formula is C14H22N4O. The van der Waals surface area contributed by atoms with Gasteiger partial charge < -0.3 is 10.2 Å². The maximum atomic E-state index is 11.8. The van der Waals surface area contributed by atoms with E-state index in [1.54, 1.807) is 6.33 Å². The molecule has 1 N–H and O–H groups in total. The molecule has 5 heteroatoms. The van der Waals surface area contributed by atoms with E-state index in [1.165, 1.54) is 0 Å². The zero-order chi connectivity index (χ0) is 13.7. The first kappa shape index (κ1) is 13.8. The number of carbonyl (C=O) groups excluding carboxylic acids is 1. The lowest BCUT2D eigenvalue weighted by atomic mass is 10.0. The van der Waals surface area contributed by atoms with Gasteiger partial charge >= 0.3 is 0 Å². The van der Waals surface area contributed by atoms with Crippen molar-refractivity contribution >= 4 is 11.7 Å². The Morgan fingerprint density at radius 2 is 2.16 bits per heavy atom. The van der Waals surface area contributed by atoms with E-state index in [1.807, 2.05) is 24.8 Å². The Morgan fingerprint density at radius 3 is 2.79 bits per heavy atom. The molecule has 0 spiro atoms. The van der Waals surface area contributed by atoms with Crippen LogP contribution in [0.3, 0.4) is 0 Å². The number of anilines is 1. The number of rotatable bonds is 4. The summed E-state index contributed by atoms with van der Waals surface area (Å²) in [6.45, 7) is 5.70. The minimum Gasteiger partial charge on any atom is -0.367 e. The van der Waals surface area contributed by atoms with Gasteiger partial charge in [0.25, 0.3) is 0 Å². The molecule has 1 aromatic rings.